The minimum absolute atomic E-state index is 0.0873. The van der Waals surface area contributed by atoms with E-state index in [0.717, 1.165) is 11.0 Å². The van der Waals surface area contributed by atoms with Crippen LogP contribution in [-0.4, -0.2) is 21.8 Å². The number of piperidine rings is 1. The second-order valence-electron chi connectivity index (χ2n) is 4.54. The molecular formula is C12H9N3O2. The lowest BCUT2D eigenvalue weighted by Crippen LogP contribution is -2.33. The third-order valence-corrected chi connectivity index (χ3v) is 3.45. The van der Waals surface area contributed by atoms with Gasteiger partial charge in [0, 0.05) is 0 Å². The van der Waals surface area contributed by atoms with Gasteiger partial charge in [0.1, 0.15) is 0 Å². The molecule has 2 amide bonds. The van der Waals surface area contributed by atoms with Gasteiger partial charge in [0.05, 0.1) is 22.9 Å². The summed E-state index contributed by atoms with van der Waals surface area (Å²) in [6, 6.07) is 7.48. The fourth-order valence-corrected chi connectivity index (χ4v) is 2.44. The first-order chi connectivity index (χ1) is 8.25. The molecule has 2 aromatic rings. The number of aromatic nitrogens is 2. The number of hydrogen-bond donors (Lipinski definition) is 1. The first kappa shape index (κ1) is 8.92. The van der Waals surface area contributed by atoms with Crippen LogP contribution < -0.4 is 4.90 Å². The van der Waals surface area contributed by atoms with E-state index < -0.39 is 0 Å². The van der Waals surface area contributed by atoms with Crippen molar-refractivity contribution < 1.29 is 9.59 Å². The average molecular weight is 227 g/mol. The Kier molecular flexibility index (Phi) is 1.44. The Morgan fingerprint density at radius 2 is 1.88 bits per heavy atom. The number of hydrogen-bond acceptors (Lipinski definition) is 3. The second kappa shape index (κ2) is 2.74. The summed E-state index contributed by atoms with van der Waals surface area (Å²) in [5, 5.41) is 0. The molecule has 1 aromatic carbocycles. The first-order valence-electron chi connectivity index (χ1n) is 5.58. The highest BCUT2D eigenvalue weighted by molar-refractivity contribution is 6.24. The SMILES string of the molecule is O=C1C2CC2C(=O)N1c1nc2ccccc2[nH]1. The normalized spacial score (nSPS) is 26.7. The summed E-state index contributed by atoms with van der Waals surface area (Å²) in [4.78, 5) is 32.2. The van der Waals surface area contributed by atoms with Gasteiger partial charge >= 0.3 is 0 Å². The molecule has 1 aliphatic heterocycles. The van der Waals surface area contributed by atoms with Gasteiger partial charge in [-0.05, 0) is 18.6 Å². The van der Waals surface area contributed by atoms with Crippen LogP contribution in [0.1, 0.15) is 6.42 Å². The number of carbonyl (C=O) groups excluding carboxylic acids is 2. The van der Waals surface area contributed by atoms with Crippen molar-refractivity contribution in [3.63, 3.8) is 0 Å². The van der Waals surface area contributed by atoms with E-state index >= 15 is 0 Å². The van der Waals surface area contributed by atoms with E-state index in [9.17, 15) is 9.59 Å². The average Bonchev–Trinajstić information content (AvgIpc) is 2.95. The minimum atomic E-state index is -0.112. The molecule has 5 nitrogen and oxygen atoms in total. The predicted molar refractivity (Wildman–Crippen MR) is 60.2 cm³/mol. The number of benzene rings is 1. The summed E-state index contributed by atoms with van der Waals surface area (Å²) >= 11 is 0. The molecule has 2 aliphatic rings. The number of aromatic amines is 1. The van der Waals surface area contributed by atoms with Crippen LogP contribution in [0.25, 0.3) is 11.0 Å². The number of nitrogens with zero attached hydrogens (tertiary/aromatic N) is 2. The molecule has 1 saturated carbocycles. The van der Waals surface area contributed by atoms with Crippen molar-refractivity contribution in [2.24, 2.45) is 11.8 Å². The van der Waals surface area contributed by atoms with Crippen molar-refractivity contribution in [2.45, 2.75) is 6.42 Å². The van der Waals surface area contributed by atoms with Gasteiger partial charge in [-0.3, -0.25) is 9.59 Å². The molecule has 0 bridgehead atoms. The second-order valence-corrected chi connectivity index (χ2v) is 4.54. The van der Waals surface area contributed by atoms with Gasteiger partial charge < -0.3 is 4.98 Å². The number of imide groups is 1. The molecule has 0 radical (unpaired) electrons. The van der Waals surface area contributed by atoms with E-state index in [0.29, 0.717) is 12.4 Å². The van der Waals surface area contributed by atoms with Crippen LogP contribution in [0, 0.1) is 11.8 Å². The molecule has 2 atom stereocenters. The van der Waals surface area contributed by atoms with Crippen molar-refractivity contribution in [1.82, 2.24) is 9.97 Å². The molecule has 5 heteroatoms. The number of fused-ring (bicyclic) bond motifs is 2. The minimum Gasteiger partial charge on any atom is -0.323 e. The van der Waals surface area contributed by atoms with E-state index in [1.165, 1.54) is 4.90 Å². The zero-order chi connectivity index (χ0) is 11.6. The number of carbonyl (C=O) groups is 2. The molecule has 1 aromatic heterocycles. The summed E-state index contributed by atoms with van der Waals surface area (Å²) in [6.07, 6.45) is 0.717. The number of anilines is 1. The van der Waals surface area contributed by atoms with Crippen LogP contribution in [0.2, 0.25) is 0 Å². The fraction of sp³-hybridized carbons (Fsp3) is 0.250. The Bertz CT molecular complexity index is 608. The van der Waals surface area contributed by atoms with Crippen molar-refractivity contribution >= 4 is 28.8 Å². The van der Waals surface area contributed by atoms with Gasteiger partial charge in [0.25, 0.3) is 0 Å². The fourth-order valence-electron chi connectivity index (χ4n) is 2.44. The highest BCUT2D eigenvalue weighted by Gasteiger charge is 2.60. The van der Waals surface area contributed by atoms with E-state index in [1.807, 2.05) is 24.3 Å². The molecule has 1 aliphatic carbocycles. The summed E-state index contributed by atoms with van der Waals surface area (Å²) < 4.78 is 0. The van der Waals surface area contributed by atoms with Crippen molar-refractivity contribution in [2.75, 3.05) is 4.90 Å². The lowest BCUT2D eigenvalue weighted by atomic mass is 10.3. The molecule has 84 valence electrons. The predicted octanol–water partition coefficient (Wildman–Crippen LogP) is 1.07. The summed E-state index contributed by atoms with van der Waals surface area (Å²) in [5.74, 6) is -0.0436. The lowest BCUT2D eigenvalue weighted by molar-refractivity contribution is -0.123. The largest absolute Gasteiger partial charge is 0.323 e. The molecule has 2 unspecified atom stereocenters. The van der Waals surface area contributed by atoms with Crippen molar-refractivity contribution in [3.05, 3.63) is 24.3 Å². The highest BCUT2D eigenvalue weighted by Crippen LogP contribution is 2.47. The number of imidazole rings is 1. The maximum atomic E-state index is 11.9. The molecule has 4 rings (SSSR count). The van der Waals surface area contributed by atoms with Crippen LogP contribution in [-0.2, 0) is 9.59 Å². The zero-order valence-corrected chi connectivity index (χ0v) is 8.88. The van der Waals surface area contributed by atoms with Crippen LogP contribution in [0.15, 0.2) is 24.3 Å². The van der Waals surface area contributed by atoms with Crippen molar-refractivity contribution in [1.29, 1.82) is 0 Å². The van der Waals surface area contributed by atoms with Gasteiger partial charge in [0.2, 0.25) is 17.8 Å². The molecule has 2 fully saturated rings. The Balaban J connectivity index is 1.84. The van der Waals surface area contributed by atoms with Crippen LogP contribution in [0.5, 0.6) is 0 Å². The molecular weight excluding hydrogens is 218 g/mol. The van der Waals surface area contributed by atoms with Crippen LogP contribution >= 0.6 is 0 Å². The van der Waals surface area contributed by atoms with Gasteiger partial charge in [-0.2, -0.15) is 0 Å². The number of H-pyrrole nitrogens is 1. The van der Waals surface area contributed by atoms with Gasteiger partial charge in [-0.1, -0.05) is 12.1 Å². The lowest BCUT2D eigenvalue weighted by Gasteiger charge is -2.11. The highest BCUT2D eigenvalue weighted by atomic mass is 16.2. The third-order valence-electron chi connectivity index (χ3n) is 3.45. The van der Waals surface area contributed by atoms with E-state index in [1.54, 1.807) is 0 Å². The number of rotatable bonds is 1. The van der Waals surface area contributed by atoms with Gasteiger partial charge in [0.15, 0.2) is 0 Å². The molecule has 0 spiro atoms. The van der Waals surface area contributed by atoms with Crippen molar-refractivity contribution in [3.8, 4) is 0 Å². The van der Waals surface area contributed by atoms with Crippen LogP contribution in [0.3, 0.4) is 0 Å². The smallest absolute Gasteiger partial charge is 0.240 e. The monoisotopic (exact) mass is 227 g/mol. The Hall–Kier alpha value is -2.17. The Morgan fingerprint density at radius 1 is 1.18 bits per heavy atom. The third kappa shape index (κ3) is 1.06. The van der Waals surface area contributed by atoms with Gasteiger partial charge in [-0.15, -0.1) is 0 Å². The Labute approximate surface area is 96.4 Å². The topological polar surface area (TPSA) is 66.1 Å². The Morgan fingerprint density at radius 3 is 2.59 bits per heavy atom. The summed E-state index contributed by atoms with van der Waals surface area (Å²) in [5.41, 5.74) is 1.60. The summed E-state index contributed by atoms with van der Waals surface area (Å²) in [6.45, 7) is 0. The van der Waals surface area contributed by atoms with E-state index in [4.69, 9.17) is 0 Å². The van der Waals surface area contributed by atoms with Gasteiger partial charge in [-0.25, -0.2) is 9.88 Å². The first-order valence-corrected chi connectivity index (χ1v) is 5.58. The number of para-hydroxylation sites is 2. The summed E-state index contributed by atoms with van der Waals surface area (Å²) in [7, 11) is 0. The molecule has 17 heavy (non-hydrogen) atoms. The van der Waals surface area contributed by atoms with E-state index in [-0.39, 0.29) is 23.7 Å². The van der Waals surface area contributed by atoms with Crippen LogP contribution in [0.4, 0.5) is 5.95 Å². The molecule has 2 heterocycles. The quantitative estimate of drug-likeness (QED) is 0.741. The van der Waals surface area contributed by atoms with E-state index in [2.05, 4.69) is 9.97 Å². The maximum absolute atomic E-state index is 11.9. The standard InChI is InChI=1S/C12H9N3O2/c16-10-6-5-7(6)11(17)15(10)12-13-8-3-1-2-4-9(8)14-12/h1-4,6-7H,5H2,(H,13,14). The maximum Gasteiger partial charge on any atom is 0.240 e. The zero-order valence-electron chi connectivity index (χ0n) is 8.88. The number of amides is 2. The molecule has 1 N–H and O–H groups in total. The number of nitrogens with one attached hydrogen (secondary N) is 1. The molecule has 1 saturated heterocycles.